The third-order valence-corrected chi connectivity index (χ3v) is 4.45. The predicted molar refractivity (Wildman–Crippen MR) is 90.7 cm³/mol. The van der Waals surface area contributed by atoms with Crippen molar-refractivity contribution in [2.45, 2.75) is 95.2 Å². The minimum absolute atomic E-state index is 0.225. The maximum absolute atomic E-state index is 10.4. The first-order valence-electron chi connectivity index (χ1n) is 9.03. The van der Waals surface area contributed by atoms with Crippen LogP contribution in [0.1, 0.15) is 64.7 Å². The number of hydrogen-bond acceptors (Lipinski definition) is 5. The van der Waals surface area contributed by atoms with E-state index >= 15 is 0 Å². The number of aliphatic carboxylic acids is 1. The molecule has 4 N–H and O–H groups in total. The number of unbranched alkanes of at least 4 members (excludes halogenated alkanes) is 4. The highest BCUT2D eigenvalue weighted by molar-refractivity contribution is 5.66. The summed E-state index contributed by atoms with van der Waals surface area (Å²) in [7, 11) is 0. The van der Waals surface area contributed by atoms with E-state index in [-0.39, 0.29) is 12.5 Å². The Bertz CT molecular complexity index is 384. The van der Waals surface area contributed by atoms with Crippen molar-refractivity contribution in [1.29, 1.82) is 0 Å². The van der Waals surface area contributed by atoms with Crippen LogP contribution in [0.3, 0.4) is 0 Å². The molecule has 24 heavy (non-hydrogen) atoms. The van der Waals surface area contributed by atoms with Crippen LogP contribution >= 0.6 is 0 Å². The van der Waals surface area contributed by atoms with Gasteiger partial charge in [0.15, 0.2) is 0 Å². The Morgan fingerprint density at radius 2 is 1.88 bits per heavy atom. The summed E-state index contributed by atoms with van der Waals surface area (Å²) >= 11 is 0. The average molecular weight is 344 g/mol. The SMILES string of the molecule is CC[C@H](O)[C@@H]1C[C@@H](O)[C@@H](/C=C/[C@H](O)CCCCCCCC(=O)O)O1. The molecule has 0 unspecified atom stereocenters. The van der Waals surface area contributed by atoms with Crippen molar-refractivity contribution in [3.63, 3.8) is 0 Å². The quantitative estimate of drug-likeness (QED) is 0.319. The largest absolute Gasteiger partial charge is 0.481 e. The second-order valence-corrected chi connectivity index (χ2v) is 6.57. The Balaban J connectivity index is 2.15. The van der Waals surface area contributed by atoms with Crippen LogP contribution < -0.4 is 0 Å². The van der Waals surface area contributed by atoms with E-state index in [1.165, 1.54) is 0 Å². The molecule has 5 atom stereocenters. The summed E-state index contributed by atoms with van der Waals surface area (Å²) in [5, 5.41) is 38.2. The van der Waals surface area contributed by atoms with Crippen molar-refractivity contribution in [3.05, 3.63) is 12.2 Å². The lowest BCUT2D eigenvalue weighted by Crippen LogP contribution is -2.25. The fourth-order valence-corrected chi connectivity index (χ4v) is 2.90. The first kappa shape index (κ1) is 21.1. The Labute approximate surface area is 144 Å². The van der Waals surface area contributed by atoms with E-state index in [0.29, 0.717) is 25.7 Å². The van der Waals surface area contributed by atoms with Crippen molar-refractivity contribution in [2.75, 3.05) is 0 Å². The zero-order valence-corrected chi connectivity index (χ0v) is 14.5. The number of aliphatic hydroxyl groups excluding tert-OH is 3. The van der Waals surface area contributed by atoms with E-state index < -0.39 is 30.4 Å². The number of rotatable bonds is 12. The molecule has 0 amide bonds. The van der Waals surface area contributed by atoms with Crippen LogP contribution in [0.5, 0.6) is 0 Å². The zero-order chi connectivity index (χ0) is 17.9. The molecule has 140 valence electrons. The number of ether oxygens (including phenoxy) is 1. The predicted octanol–water partition coefficient (Wildman–Crippen LogP) is 2.01. The van der Waals surface area contributed by atoms with Gasteiger partial charge in [-0.1, -0.05) is 44.8 Å². The van der Waals surface area contributed by atoms with Gasteiger partial charge in [0.05, 0.1) is 24.4 Å². The molecular weight excluding hydrogens is 312 g/mol. The van der Waals surface area contributed by atoms with Crippen LogP contribution in [0, 0.1) is 0 Å². The first-order valence-corrected chi connectivity index (χ1v) is 9.03. The summed E-state index contributed by atoms with van der Waals surface area (Å²) < 4.78 is 5.62. The Kier molecular flexibility index (Phi) is 10.2. The van der Waals surface area contributed by atoms with Gasteiger partial charge in [-0.25, -0.2) is 0 Å². The molecule has 1 fully saturated rings. The smallest absolute Gasteiger partial charge is 0.303 e. The molecular formula is C18H32O6. The van der Waals surface area contributed by atoms with Crippen LogP contribution in [0.2, 0.25) is 0 Å². The monoisotopic (exact) mass is 344 g/mol. The Morgan fingerprint density at radius 3 is 2.54 bits per heavy atom. The van der Waals surface area contributed by atoms with E-state index in [4.69, 9.17) is 9.84 Å². The second-order valence-electron chi connectivity index (χ2n) is 6.57. The van der Waals surface area contributed by atoms with Crippen molar-refractivity contribution >= 4 is 5.97 Å². The molecule has 0 aromatic carbocycles. The third-order valence-electron chi connectivity index (χ3n) is 4.45. The molecule has 1 rings (SSSR count). The number of hydrogen-bond donors (Lipinski definition) is 4. The number of aliphatic hydroxyl groups is 3. The summed E-state index contributed by atoms with van der Waals surface area (Å²) in [5.41, 5.74) is 0. The molecule has 0 spiro atoms. The van der Waals surface area contributed by atoms with Gasteiger partial charge < -0.3 is 25.2 Å². The molecule has 6 nitrogen and oxygen atoms in total. The van der Waals surface area contributed by atoms with Crippen LogP contribution in [0.4, 0.5) is 0 Å². The fourth-order valence-electron chi connectivity index (χ4n) is 2.90. The molecule has 1 aliphatic heterocycles. The number of carboxylic acid groups (broad SMARTS) is 1. The fraction of sp³-hybridized carbons (Fsp3) is 0.833. The molecule has 1 aliphatic rings. The molecule has 0 saturated carbocycles. The van der Waals surface area contributed by atoms with Gasteiger partial charge >= 0.3 is 5.97 Å². The van der Waals surface area contributed by atoms with Crippen LogP contribution in [0.15, 0.2) is 12.2 Å². The van der Waals surface area contributed by atoms with E-state index in [0.717, 1.165) is 25.7 Å². The first-order chi connectivity index (χ1) is 11.4. The van der Waals surface area contributed by atoms with E-state index in [9.17, 15) is 20.1 Å². The van der Waals surface area contributed by atoms with Crippen molar-refractivity contribution in [1.82, 2.24) is 0 Å². The van der Waals surface area contributed by atoms with Gasteiger partial charge in [0.2, 0.25) is 0 Å². The van der Waals surface area contributed by atoms with Gasteiger partial charge in [-0.3, -0.25) is 4.79 Å². The van der Waals surface area contributed by atoms with Gasteiger partial charge in [-0.15, -0.1) is 0 Å². The van der Waals surface area contributed by atoms with Crippen LogP contribution in [-0.2, 0) is 9.53 Å². The van der Waals surface area contributed by atoms with Gasteiger partial charge in [-0.2, -0.15) is 0 Å². The molecule has 6 heteroatoms. The maximum atomic E-state index is 10.4. The lowest BCUT2D eigenvalue weighted by atomic mass is 10.0. The Morgan fingerprint density at radius 1 is 1.21 bits per heavy atom. The molecule has 1 saturated heterocycles. The summed E-state index contributed by atoms with van der Waals surface area (Å²) in [6.45, 7) is 1.87. The minimum atomic E-state index is -0.749. The topological polar surface area (TPSA) is 107 Å². The zero-order valence-electron chi connectivity index (χ0n) is 14.5. The van der Waals surface area contributed by atoms with Gasteiger partial charge in [-0.05, 0) is 19.3 Å². The number of carboxylic acids is 1. The summed E-state index contributed by atoms with van der Waals surface area (Å²) in [5.74, 6) is -0.749. The van der Waals surface area contributed by atoms with Crippen molar-refractivity contribution in [2.24, 2.45) is 0 Å². The highest BCUT2D eigenvalue weighted by Crippen LogP contribution is 2.25. The van der Waals surface area contributed by atoms with Gasteiger partial charge in [0.1, 0.15) is 6.10 Å². The van der Waals surface area contributed by atoms with Gasteiger partial charge in [0, 0.05) is 12.8 Å². The van der Waals surface area contributed by atoms with E-state index in [2.05, 4.69) is 0 Å². The molecule has 1 heterocycles. The standard InChI is InChI=1S/C18H32O6/c1-2-14(20)17-12-15(21)16(24-17)11-10-13(19)8-6-4-3-5-7-9-18(22)23/h10-11,13-17,19-21H,2-9,12H2,1H3,(H,22,23)/b11-10+/t13-,14+,15-,16-,17+/m1/s1. The van der Waals surface area contributed by atoms with Crippen molar-refractivity contribution < 1.29 is 30.0 Å². The van der Waals surface area contributed by atoms with Crippen LogP contribution in [-0.4, -0.2) is 56.9 Å². The normalized spacial score (nSPS) is 26.8. The lowest BCUT2D eigenvalue weighted by molar-refractivity contribution is -0.137. The van der Waals surface area contributed by atoms with Gasteiger partial charge in [0.25, 0.3) is 0 Å². The van der Waals surface area contributed by atoms with Crippen molar-refractivity contribution in [3.8, 4) is 0 Å². The van der Waals surface area contributed by atoms with Crippen LogP contribution in [0.25, 0.3) is 0 Å². The second kappa shape index (κ2) is 11.6. The summed E-state index contributed by atoms with van der Waals surface area (Å²) in [4.78, 5) is 10.4. The Hall–Kier alpha value is -0.950. The lowest BCUT2D eigenvalue weighted by Gasteiger charge is -2.16. The summed E-state index contributed by atoms with van der Waals surface area (Å²) in [6, 6.07) is 0. The molecule has 0 bridgehead atoms. The minimum Gasteiger partial charge on any atom is -0.481 e. The summed E-state index contributed by atoms with van der Waals surface area (Å²) in [6.07, 6.45) is 7.04. The van der Waals surface area contributed by atoms with E-state index in [1.54, 1.807) is 12.2 Å². The molecule has 0 radical (unpaired) electrons. The molecule has 0 aromatic heterocycles. The third kappa shape index (κ3) is 8.24. The highest BCUT2D eigenvalue weighted by Gasteiger charge is 2.35. The average Bonchev–Trinajstić information content (AvgIpc) is 2.92. The maximum Gasteiger partial charge on any atom is 0.303 e. The highest BCUT2D eigenvalue weighted by atomic mass is 16.5. The molecule has 0 aliphatic carbocycles. The van der Waals surface area contributed by atoms with E-state index in [1.807, 2.05) is 6.92 Å². The molecule has 0 aromatic rings. The number of carbonyl (C=O) groups is 1.